The van der Waals surface area contributed by atoms with Gasteiger partial charge in [-0.1, -0.05) is 12.1 Å². The van der Waals surface area contributed by atoms with Gasteiger partial charge in [-0.15, -0.1) is 0 Å². The molecule has 1 saturated heterocycles. The Bertz CT molecular complexity index is 955. The molecule has 0 aromatic heterocycles. The van der Waals surface area contributed by atoms with Crippen molar-refractivity contribution < 1.29 is 18.8 Å². The van der Waals surface area contributed by atoms with Crippen LogP contribution in [-0.4, -0.2) is 71.8 Å². The standard InChI is InChI=1S/C23H24FN3O3S/c1-31-15-10-20(27-21(28)18-4-2-3-5-19(18)22(27)29)23(30)26-13-11-25(12-14-26)17-8-6-16(24)7-9-17/h2-9,20H,10-15H2,1H3. The minimum Gasteiger partial charge on any atom is -0.368 e. The molecule has 1 unspecified atom stereocenters. The maximum atomic E-state index is 13.4. The van der Waals surface area contributed by atoms with Crippen molar-refractivity contribution in [2.45, 2.75) is 12.5 Å². The van der Waals surface area contributed by atoms with Crippen LogP contribution in [0.15, 0.2) is 48.5 Å². The number of hydrogen-bond donors (Lipinski definition) is 0. The second kappa shape index (κ2) is 9.09. The van der Waals surface area contributed by atoms with Crippen LogP contribution in [0.5, 0.6) is 0 Å². The summed E-state index contributed by atoms with van der Waals surface area (Å²) in [6, 6.07) is 12.2. The molecule has 1 atom stereocenters. The van der Waals surface area contributed by atoms with Crippen molar-refractivity contribution in [3.05, 3.63) is 65.5 Å². The Morgan fingerprint density at radius 1 is 0.968 bits per heavy atom. The number of carbonyl (C=O) groups excluding carboxylic acids is 3. The van der Waals surface area contributed by atoms with Gasteiger partial charge in [0.05, 0.1) is 11.1 Å². The highest BCUT2D eigenvalue weighted by Gasteiger charge is 2.43. The molecule has 31 heavy (non-hydrogen) atoms. The van der Waals surface area contributed by atoms with Crippen LogP contribution < -0.4 is 4.90 Å². The number of benzene rings is 2. The van der Waals surface area contributed by atoms with E-state index < -0.39 is 17.9 Å². The van der Waals surface area contributed by atoms with E-state index in [0.717, 1.165) is 10.6 Å². The van der Waals surface area contributed by atoms with Gasteiger partial charge in [-0.2, -0.15) is 11.8 Å². The van der Waals surface area contributed by atoms with E-state index in [-0.39, 0.29) is 11.7 Å². The lowest BCUT2D eigenvalue weighted by Crippen LogP contribution is -2.56. The molecule has 0 N–H and O–H groups in total. The number of carbonyl (C=O) groups is 3. The molecule has 6 nitrogen and oxygen atoms in total. The van der Waals surface area contributed by atoms with Crippen LogP contribution >= 0.6 is 11.8 Å². The van der Waals surface area contributed by atoms with E-state index in [1.807, 2.05) is 6.26 Å². The molecule has 2 heterocycles. The van der Waals surface area contributed by atoms with Gasteiger partial charge in [-0.05, 0) is 54.8 Å². The fourth-order valence-electron chi connectivity index (χ4n) is 4.13. The van der Waals surface area contributed by atoms with Crippen LogP contribution in [0.2, 0.25) is 0 Å². The Hall–Kier alpha value is -2.87. The summed E-state index contributed by atoms with van der Waals surface area (Å²) in [7, 11) is 0. The van der Waals surface area contributed by atoms with Crippen molar-refractivity contribution in [2.24, 2.45) is 0 Å². The van der Waals surface area contributed by atoms with E-state index >= 15 is 0 Å². The highest BCUT2D eigenvalue weighted by molar-refractivity contribution is 7.98. The zero-order valence-electron chi connectivity index (χ0n) is 17.3. The summed E-state index contributed by atoms with van der Waals surface area (Å²) in [5.41, 5.74) is 1.62. The molecule has 1 fully saturated rings. The molecule has 2 aliphatic rings. The third-order valence-electron chi connectivity index (χ3n) is 5.80. The number of fused-ring (bicyclic) bond motifs is 1. The van der Waals surface area contributed by atoms with E-state index in [1.54, 1.807) is 53.1 Å². The first kappa shape index (κ1) is 21.4. The molecule has 0 bridgehead atoms. The first-order valence-electron chi connectivity index (χ1n) is 10.3. The van der Waals surface area contributed by atoms with E-state index in [9.17, 15) is 18.8 Å². The molecule has 0 radical (unpaired) electrons. The molecule has 0 saturated carbocycles. The molecule has 2 aromatic rings. The van der Waals surface area contributed by atoms with E-state index in [4.69, 9.17) is 0 Å². The Morgan fingerprint density at radius 2 is 1.55 bits per heavy atom. The van der Waals surface area contributed by atoms with Crippen LogP contribution in [0.1, 0.15) is 27.1 Å². The number of hydrogen-bond acceptors (Lipinski definition) is 5. The van der Waals surface area contributed by atoms with Gasteiger partial charge in [0, 0.05) is 31.9 Å². The maximum Gasteiger partial charge on any atom is 0.262 e. The second-order valence-corrected chi connectivity index (χ2v) is 8.60. The van der Waals surface area contributed by atoms with Crippen molar-refractivity contribution in [1.82, 2.24) is 9.80 Å². The number of amides is 3. The molecular formula is C23H24FN3O3S. The molecule has 4 rings (SSSR count). The largest absolute Gasteiger partial charge is 0.368 e. The van der Waals surface area contributed by atoms with Gasteiger partial charge in [0.25, 0.3) is 11.8 Å². The molecule has 3 amide bonds. The summed E-state index contributed by atoms with van der Waals surface area (Å²) in [6.07, 6.45) is 2.36. The first-order chi connectivity index (χ1) is 15.0. The average molecular weight is 442 g/mol. The summed E-state index contributed by atoms with van der Waals surface area (Å²) in [5, 5.41) is 0. The maximum absolute atomic E-state index is 13.4. The van der Waals surface area contributed by atoms with E-state index in [1.165, 1.54) is 12.1 Å². The van der Waals surface area contributed by atoms with Gasteiger partial charge in [0.15, 0.2) is 0 Å². The molecular weight excluding hydrogens is 417 g/mol. The normalized spacial score (nSPS) is 17.2. The summed E-state index contributed by atoms with van der Waals surface area (Å²) in [6.45, 7) is 2.17. The number of halogens is 1. The summed E-state index contributed by atoms with van der Waals surface area (Å²) in [5.74, 6) is -0.605. The number of nitrogens with zero attached hydrogens (tertiary/aromatic N) is 3. The number of piperazine rings is 1. The predicted octanol–water partition coefficient (Wildman–Crippen LogP) is 2.89. The third-order valence-corrected chi connectivity index (χ3v) is 6.44. The molecule has 8 heteroatoms. The lowest BCUT2D eigenvalue weighted by molar-refractivity contribution is -0.135. The van der Waals surface area contributed by atoms with Crippen molar-refractivity contribution in [3.8, 4) is 0 Å². The second-order valence-electron chi connectivity index (χ2n) is 7.61. The molecule has 162 valence electrons. The monoisotopic (exact) mass is 441 g/mol. The van der Waals surface area contributed by atoms with Crippen LogP contribution in [0.25, 0.3) is 0 Å². The summed E-state index contributed by atoms with van der Waals surface area (Å²) < 4.78 is 13.2. The lowest BCUT2D eigenvalue weighted by Gasteiger charge is -2.38. The average Bonchev–Trinajstić information content (AvgIpc) is 3.05. The van der Waals surface area contributed by atoms with Crippen LogP contribution in [0.3, 0.4) is 0 Å². The quantitative estimate of drug-likeness (QED) is 0.645. The van der Waals surface area contributed by atoms with Crippen molar-refractivity contribution >= 4 is 35.2 Å². The minimum atomic E-state index is -0.808. The fraction of sp³-hybridized carbons (Fsp3) is 0.348. The first-order valence-corrected chi connectivity index (χ1v) is 11.7. The highest BCUT2D eigenvalue weighted by Crippen LogP contribution is 2.27. The van der Waals surface area contributed by atoms with E-state index in [2.05, 4.69) is 4.90 Å². The molecule has 0 aliphatic carbocycles. The topological polar surface area (TPSA) is 60.9 Å². The lowest BCUT2D eigenvalue weighted by atomic mass is 10.1. The smallest absolute Gasteiger partial charge is 0.262 e. The van der Waals surface area contributed by atoms with Crippen LogP contribution in [-0.2, 0) is 4.79 Å². The molecule has 2 aliphatic heterocycles. The number of thioether (sulfide) groups is 1. The zero-order valence-corrected chi connectivity index (χ0v) is 18.1. The Kier molecular flexibility index (Phi) is 6.27. The Morgan fingerprint density at radius 3 is 2.10 bits per heavy atom. The van der Waals surface area contributed by atoms with E-state index in [0.29, 0.717) is 49.5 Å². The van der Waals surface area contributed by atoms with Gasteiger partial charge < -0.3 is 9.80 Å². The Labute approximate surface area is 185 Å². The Balaban J connectivity index is 1.49. The van der Waals surface area contributed by atoms with Gasteiger partial charge in [0.2, 0.25) is 5.91 Å². The number of imide groups is 1. The van der Waals surface area contributed by atoms with Crippen molar-refractivity contribution in [2.75, 3.05) is 43.1 Å². The molecule has 0 spiro atoms. The van der Waals surface area contributed by atoms with Gasteiger partial charge in [0.1, 0.15) is 11.9 Å². The van der Waals surface area contributed by atoms with Gasteiger partial charge in [-0.3, -0.25) is 19.3 Å². The van der Waals surface area contributed by atoms with Crippen LogP contribution in [0.4, 0.5) is 10.1 Å². The zero-order chi connectivity index (χ0) is 22.0. The molecule has 2 aromatic carbocycles. The van der Waals surface area contributed by atoms with Crippen molar-refractivity contribution in [1.29, 1.82) is 0 Å². The fourth-order valence-corrected chi connectivity index (χ4v) is 4.59. The highest BCUT2D eigenvalue weighted by atomic mass is 32.2. The van der Waals surface area contributed by atoms with Gasteiger partial charge >= 0.3 is 0 Å². The summed E-state index contributed by atoms with van der Waals surface area (Å²) >= 11 is 1.58. The van der Waals surface area contributed by atoms with Crippen molar-refractivity contribution in [3.63, 3.8) is 0 Å². The third kappa shape index (κ3) is 4.17. The summed E-state index contributed by atoms with van der Waals surface area (Å²) in [4.78, 5) is 44.3. The number of anilines is 1. The minimum absolute atomic E-state index is 0.192. The SMILES string of the molecule is CSCCC(C(=O)N1CCN(c2ccc(F)cc2)CC1)N1C(=O)c2ccccc2C1=O. The number of rotatable bonds is 6. The van der Waals surface area contributed by atoms with Crippen LogP contribution in [0, 0.1) is 5.82 Å². The predicted molar refractivity (Wildman–Crippen MR) is 119 cm³/mol. The van der Waals surface area contributed by atoms with Gasteiger partial charge in [-0.25, -0.2) is 4.39 Å².